The molecule has 136 valence electrons. The number of halogens is 1. The van der Waals surface area contributed by atoms with E-state index in [0.717, 1.165) is 21.5 Å². The number of methoxy groups -OCH3 is 1. The first-order valence-corrected chi connectivity index (χ1v) is 9.22. The van der Waals surface area contributed by atoms with Gasteiger partial charge in [-0.3, -0.25) is 4.79 Å². The molecule has 3 rings (SSSR count). The molecule has 0 aliphatic rings. The van der Waals surface area contributed by atoms with Crippen LogP contribution in [0.3, 0.4) is 0 Å². The fraction of sp³-hybridized carbons (Fsp3) is 0.263. The molecule has 0 spiro atoms. The largest absolute Gasteiger partial charge is 0.383 e. The molecule has 0 aliphatic heterocycles. The van der Waals surface area contributed by atoms with Crippen molar-refractivity contribution in [2.45, 2.75) is 11.6 Å². The molecule has 0 fully saturated rings. The molecule has 0 bridgehead atoms. The highest BCUT2D eigenvalue weighted by molar-refractivity contribution is 8.00. The minimum atomic E-state index is -0.238. The van der Waals surface area contributed by atoms with Crippen molar-refractivity contribution in [3.63, 3.8) is 0 Å². The van der Waals surface area contributed by atoms with E-state index in [0.29, 0.717) is 25.4 Å². The van der Waals surface area contributed by atoms with Crippen molar-refractivity contribution in [3.05, 3.63) is 60.2 Å². The van der Waals surface area contributed by atoms with Gasteiger partial charge in [-0.15, -0.1) is 0 Å². The lowest BCUT2D eigenvalue weighted by molar-refractivity contribution is -0.118. The number of ether oxygens (including phenoxy) is 1. The van der Waals surface area contributed by atoms with Gasteiger partial charge in [-0.2, -0.15) is 0 Å². The Hall–Kier alpha value is -2.38. The van der Waals surface area contributed by atoms with Gasteiger partial charge in [0.15, 0.2) is 0 Å². The summed E-state index contributed by atoms with van der Waals surface area (Å²) >= 11 is 1.41. The van der Waals surface area contributed by atoms with E-state index in [1.54, 1.807) is 25.4 Å². The van der Waals surface area contributed by atoms with Gasteiger partial charge in [0.2, 0.25) is 5.91 Å². The predicted molar refractivity (Wildman–Crippen MR) is 101 cm³/mol. The number of carbonyl (C=O) groups excluding carboxylic acids is 1. The van der Waals surface area contributed by atoms with E-state index >= 15 is 0 Å². The average Bonchev–Trinajstić information content (AvgIpc) is 3.06. The zero-order chi connectivity index (χ0) is 18.4. The highest BCUT2D eigenvalue weighted by Crippen LogP contribution is 2.27. The van der Waals surface area contributed by atoms with E-state index in [-0.39, 0.29) is 11.7 Å². The molecule has 0 unspecified atom stereocenters. The summed E-state index contributed by atoms with van der Waals surface area (Å²) in [6, 6.07) is 10.4. The van der Waals surface area contributed by atoms with Crippen molar-refractivity contribution >= 4 is 28.6 Å². The Morgan fingerprint density at radius 1 is 1.27 bits per heavy atom. The van der Waals surface area contributed by atoms with E-state index in [9.17, 15) is 9.18 Å². The maximum absolute atomic E-state index is 13.1. The van der Waals surface area contributed by atoms with Gasteiger partial charge in [-0.05, 0) is 29.8 Å². The van der Waals surface area contributed by atoms with Gasteiger partial charge in [0.1, 0.15) is 10.8 Å². The number of thioether (sulfide) groups is 1. The Kier molecular flexibility index (Phi) is 6.25. The van der Waals surface area contributed by atoms with Crippen molar-refractivity contribution in [2.24, 2.45) is 0 Å². The van der Waals surface area contributed by atoms with Crippen LogP contribution in [0.25, 0.3) is 10.9 Å². The SMILES string of the molecule is COCCNC(=O)CSc1nccc2c1ccn2Cc1ccc(F)cc1. The van der Waals surface area contributed by atoms with E-state index in [2.05, 4.69) is 14.9 Å². The van der Waals surface area contributed by atoms with Crippen LogP contribution in [0.1, 0.15) is 5.56 Å². The molecule has 0 saturated heterocycles. The summed E-state index contributed by atoms with van der Waals surface area (Å²) in [5, 5.41) is 4.62. The maximum atomic E-state index is 13.1. The zero-order valence-corrected chi connectivity index (χ0v) is 15.3. The van der Waals surface area contributed by atoms with Crippen LogP contribution in [0.2, 0.25) is 0 Å². The summed E-state index contributed by atoms with van der Waals surface area (Å²) < 4.78 is 20.1. The third-order valence-electron chi connectivity index (χ3n) is 3.90. The van der Waals surface area contributed by atoms with Crippen LogP contribution in [-0.2, 0) is 16.1 Å². The summed E-state index contributed by atoms with van der Waals surface area (Å²) in [5.74, 6) is 0.0215. The quantitative estimate of drug-likeness (QED) is 0.487. The Balaban J connectivity index is 1.70. The molecule has 1 aromatic carbocycles. The van der Waals surface area contributed by atoms with Crippen LogP contribution in [0, 0.1) is 5.82 Å². The van der Waals surface area contributed by atoms with Crippen molar-refractivity contribution in [2.75, 3.05) is 26.0 Å². The molecule has 5 nitrogen and oxygen atoms in total. The number of fused-ring (bicyclic) bond motifs is 1. The lowest BCUT2D eigenvalue weighted by Crippen LogP contribution is -2.28. The number of rotatable bonds is 8. The number of hydrogen-bond donors (Lipinski definition) is 1. The van der Waals surface area contributed by atoms with Gasteiger partial charge in [0.25, 0.3) is 0 Å². The standard InChI is InChI=1S/C19H20FN3O2S/c1-25-11-9-21-18(24)13-26-19-16-7-10-23(17(16)6-8-22-19)12-14-2-4-15(20)5-3-14/h2-8,10H,9,11-13H2,1H3,(H,21,24). The second kappa shape index (κ2) is 8.82. The number of nitrogens with one attached hydrogen (secondary N) is 1. The maximum Gasteiger partial charge on any atom is 0.230 e. The fourth-order valence-corrected chi connectivity index (χ4v) is 3.45. The zero-order valence-electron chi connectivity index (χ0n) is 14.4. The molecular formula is C19H20FN3O2S. The molecular weight excluding hydrogens is 353 g/mol. The number of nitrogens with zero attached hydrogens (tertiary/aromatic N) is 2. The molecule has 2 aromatic heterocycles. The normalized spacial score (nSPS) is 11.0. The van der Waals surface area contributed by atoms with Crippen LogP contribution in [-0.4, -0.2) is 41.5 Å². The molecule has 3 aromatic rings. The topological polar surface area (TPSA) is 56.1 Å². The first-order valence-electron chi connectivity index (χ1n) is 8.24. The van der Waals surface area contributed by atoms with E-state index < -0.39 is 0 Å². The Morgan fingerprint density at radius 2 is 2.08 bits per heavy atom. The molecule has 1 N–H and O–H groups in total. The van der Waals surface area contributed by atoms with Crippen molar-refractivity contribution < 1.29 is 13.9 Å². The van der Waals surface area contributed by atoms with Gasteiger partial charge >= 0.3 is 0 Å². The summed E-state index contributed by atoms with van der Waals surface area (Å²) in [6.07, 6.45) is 3.73. The molecule has 26 heavy (non-hydrogen) atoms. The molecule has 0 atom stereocenters. The highest BCUT2D eigenvalue weighted by Gasteiger charge is 2.10. The number of pyridine rings is 1. The first kappa shape index (κ1) is 18.4. The second-order valence-corrected chi connectivity index (χ2v) is 6.71. The summed E-state index contributed by atoms with van der Waals surface area (Å²) in [5.41, 5.74) is 2.05. The lowest BCUT2D eigenvalue weighted by atomic mass is 10.2. The van der Waals surface area contributed by atoms with Crippen LogP contribution in [0.4, 0.5) is 4.39 Å². The monoisotopic (exact) mass is 373 g/mol. The van der Waals surface area contributed by atoms with Crippen LogP contribution < -0.4 is 5.32 Å². The summed E-state index contributed by atoms with van der Waals surface area (Å²) in [6.45, 7) is 1.65. The summed E-state index contributed by atoms with van der Waals surface area (Å²) in [7, 11) is 1.60. The first-order chi connectivity index (χ1) is 12.7. The Bertz CT molecular complexity index is 880. The molecule has 7 heteroatoms. The smallest absolute Gasteiger partial charge is 0.230 e. The van der Waals surface area contributed by atoms with Crippen LogP contribution >= 0.6 is 11.8 Å². The van der Waals surface area contributed by atoms with E-state index in [4.69, 9.17) is 4.74 Å². The van der Waals surface area contributed by atoms with Gasteiger partial charge in [-0.25, -0.2) is 9.37 Å². The number of carbonyl (C=O) groups is 1. The van der Waals surface area contributed by atoms with Crippen molar-refractivity contribution in [3.8, 4) is 0 Å². The van der Waals surface area contributed by atoms with Crippen molar-refractivity contribution in [1.29, 1.82) is 0 Å². The van der Waals surface area contributed by atoms with Gasteiger partial charge in [0, 0.05) is 38.0 Å². The number of benzene rings is 1. The average molecular weight is 373 g/mol. The third-order valence-corrected chi connectivity index (χ3v) is 4.90. The Morgan fingerprint density at radius 3 is 2.85 bits per heavy atom. The van der Waals surface area contributed by atoms with E-state index in [1.807, 2.05) is 18.3 Å². The van der Waals surface area contributed by atoms with Crippen LogP contribution in [0.15, 0.2) is 53.8 Å². The minimum Gasteiger partial charge on any atom is -0.383 e. The minimum absolute atomic E-state index is 0.0448. The third kappa shape index (κ3) is 4.62. The van der Waals surface area contributed by atoms with Gasteiger partial charge in [0.05, 0.1) is 17.9 Å². The number of amides is 1. The Labute approximate surface area is 155 Å². The number of hydrogen-bond acceptors (Lipinski definition) is 4. The molecule has 0 radical (unpaired) electrons. The number of aromatic nitrogens is 2. The molecule has 1 amide bonds. The van der Waals surface area contributed by atoms with Gasteiger partial charge in [-0.1, -0.05) is 23.9 Å². The lowest BCUT2D eigenvalue weighted by Gasteiger charge is -2.07. The molecule has 0 saturated carbocycles. The van der Waals surface area contributed by atoms with Gasteiger partial charge < -0.3 is 14.6 Å². The molecule has 0 aliphatic carbocycles. The fourth-order valence-electron chi connectivity index (χ4n) is 2.61. The van der Waals surface area contributed by atoms with E-state index in [1.165, 1.54) is 23.9 Å². The second-order valence-electron chi connectivity index (χ2n) is 5.75. The summed E-state index contributed by atoms with van der Waals surface area (Å²) in [4.78, 5) is 16.3. The highest BCUT2D eigenvalue weighted by atomic mass is 32.2. The predicted octanol–water partition coefficient (Wildman–Crippen LogP) is 3.08. The molecule has 2 heterocycles. The van der Waals surface area contributed by atoms with Crippen molar-refractivity contribution in [1.82, 2.24) is 14.9 Å². The van der Waals surface area contributed by atoms with Crippen LogP contribution in [0.5, 0.6) is 0 Å².